The molecule has 1 aliphatic heterocycles. The van der Waals surface area contributed by atoms with E-state index in [-0.39, 0.29) is 48.7 Å². The van der Waals surface area contributed by atoms with Crippen molar-refractivity contribution in [3.63, 3.8) is 0 Å². The maximum atomic E-state index is 14.8. The van der Waals surface area contributed by atoms with E-state index >= 15 is 0 Å². The van der Waals surface area contributed by atoms with Crippen molar-refractivity contribution >= 4 is 0 Å². The van der Waals surface area contributed by atoms with Gasteiger partial charge in [0.1, 0.15) is 6.61 Å². The molecule has 0 aliphatic carbocycles. The Morgan fingerprint density at radius 1 is 0.844 bits per heavy atom. The Balaban J connectivity index is 1.55. The number of alkyl halides is 1. The molecule has 0 bridgehead atoms. The molecule has 1 heterocycles. The van der Waals surface area contributed by atoms with Crippen LogP contribution in [-0.4, -0.2) is 6.67 Å². The van der Waals surface area contributed by atoms with Crippen molar-refractivity contribution in [3.8, 4) is 17.2 Å². The summed E-state index contributed by atoms with van der Waals surface area (Å²) >= 11 is 0. The molecule has 3 aromatic carbocycles. The molecule has 0 saturated carbocycles. The lowest BCUT2D eigenvalue weighted by molar-refractivity contribution is 0.279. The molecule has 6 heteroatoms. The maximum Gasteiger partial charge on any atom is 0.205 e. The zero-order valence-corrected chi connectivity index (χ0v) is 17.8. The van der Waals surface area contributed by atoms with Crippen molar-refractivity contribution in [1.29, 1.82) is 0 Å². The molecule has 0 fully saturated rings. The van der Waals surface area contributed by atoms with Gasteiger partial charge in [-0.2, -0.15) is 8.78 Å². The average molecular weight is 444 g/mol. The highest BCUT2D eigenvalue weighted by atomic mass is 19.2. The molecule has 0 spiro atoms. The molecule has 0 N–H and O–H groups in total. The molecule has 4 rings (SSSR count). The number of hydrogen-bond donors (Lipinski definition) is 0. The van der Waals surface area contributed by atoms with Crippen molar-refractivity contribution in [3.05, 3.63) is 87.7 Å². The molecule has 0 aromatic heterocycles. The Morgan fingerprint density at radius 3 is 2.28 bits per heavy atom. The van der Waals surface area contributed by atoms with Crippen LogP contribution in [0, 0.1) is 17.5 Å². The first kappa shape index (κ1) is 22.2. The fourth-order valence-electron chi connectivity index (χ4n) is 3.88. The van der Waals surface area contributed by atoms with Gasteiger partial charge in [-0.1, -0.05) is 49.7 Å². The van der Waals surface area contributed by atoms with E-state index in [0.717, 1.165) is 18.4 Å². The van der Waals surface area contributed by atoms with Gasteiger partial charge in [0.25, 0.3) is 0 Å². The second-order valence-corrected chi connectivity index (χ2v) is 7.94. The molecule has 3 aromatic rings. The van der Waals surface area contributed by atoms with Gasteiger partial charge in [-0.25, -0.2) is 4.39 Å². The summed E-state index contributed by atoms with van der Waals surface area (Å²) in [7, 11) is 0. The van der Waals surface area contributed by atoms with Crippen LogP contribution in [0.2, 0.25) is 0 Å². The van der Waals surface area contributed by atoms with Crippen LogP contribution in [0.15, 0.2) is 42.5 Å². The van der Waals surface area contributed by atoms with Crippen LogP contribution in [-0.2, 0) is 25.9 Å². The Morgan fingerprint density at radius 2 is 1.56 bits per heavy atom. The first-order valence-corrected chi connectivity index (χ1v) is 10.8. The topological polar surface area (TPSA) is 18.5 Å². The van der Waals surface area contributed by atoms with Gasteiger partial charge >= 0.3 is 0 Å². The standard InChI is InChI=1S/C26H24F4O2/c1-2-4-16-6-8-17(9-7-16)15-31-21-14-20-13-19-11-10-18(5-3-12-27)22(28)25(19)32-26(20)24(30)23(21)29/h6-11,14H,2-5,12-13,15H2,1H3. The molecule has 0 amide bonds. The predicted molar refractivity (Wildman–Crippen MR) is 115 cm³/mol. The Labute approximate surface area is 184 Å². The van der Waals surface area contributed by atoms with Gasteiger partial charge < -0.3 is 9.47 Å². The van der Waals surface area contributed by atoms with Crippen LogP contribution in [0.5, 0.6) is 17.2 Å². The minimum absolute atomic E-state index is 0.0888. The van der Waals surface area contributed by atoms with Gasteiger partial charge in [0.05, 0.1) is 6.67 Å². The molecule has 2 nitrogen and oxygen atoms in total. The van der Waals surface area contributed by atoms with Crippen molar-refractivity contribution in [2.75, 3.05) is 6.67 Å². The normalized spacial score (nSPS) is 12.2. The monoisotopic (exact) mass is 444 g/mol. The summed E-state index contributed by atoms with van der Waals surface area (Å²) in [6, 6.07) is 12.4. The van der Waals surface area contributed by atoms with E-state index < -0.39 is 24.1 Å². The lowest BCUT2D eigenvalue weighted by Crippen LogP contribution is -2.11. The van der Waals surface area contributed by atoms with Gasteiger partial charge in [0, 0.05) is 17.5 Å². The number of fused-ring (bicyclic) bond motifs is 2. The summed E-state index contributed by atoms with van der Waals surface area (Å²) in [5.74, 6) is -3.74. The zero-order chi connectivity index (χ0) is 22.7. The molecule has 0 unspecified atom stereocenters. The Kier molecular flexibility index (Phi) is 6.68. The van der Waals surface area contributed by atoms with E-state index in [1.807, 2.05) is 24.3 Å². The van der Waals surface area contributed by atoms with Crippen molar-refractivity contribution in [2.45, 2.75) is 45.6 Å². The third-order valence-corrected chi connectivity index (χ3v) is 5.58. The highest BCUT2D eigenvalue weighted by molar-refractivity contribution is 5.54. The fourth-order valence-corrected chi connectivity index (χ4v) is 3.88. The van der Waals surface area contributed by atoms with Gasteiger partial charge in [0.15, 0.2) is 23.1 Å². The number of ether oxygens (including phenoxy) is 2. The third kappa shape index (κ3) is 4.45. The molecular weight excluding hydrogens is 420 g/mol. The molecule has 0 radical (unpaired) electrons. The molecule has 168 valence electrons. The Bertz CT molecular complexity index is 1110. The van der Waals surface area contributed by atoms with Gasteiger partial charge in [-0.3, -0.25) is 4.39 Å². The van der Waals surface area contributed by atoms with Crippen LogP contribution in [0.3, 0.4) is 0 Å². The third-order valence-electron chi connectivity index (χ3n) is 5.58. The SMILES string of the molecule is CCCc1ccc(COc2cc3c(c(F)c2F)Oc2c(ccc(CCCF)c2F)C3)cc1. The minimum atomic E-state index is -1.21. The second kappa shape index (κ2) is 9.63. The first-order chi connectivity index (χ1) is 15.5. The van der Waals surface area contributed by atoms with E-state index in [2.05, 4.69) is 6.92 Å². The average Bonchev–Trinajstić information content (AvgIpc) is 2.80. The van der Waals surface area contributed by atoms with Gasteiger partial charge in [-0.05, 0) is 42.0 Å². The van der Waals surface area contributed by atoms with Crippen molar-refractivity contribution in [1.82, 2.24) is 0 Å². The van der Waals surface area contributed by atoms with E-state index in [1.54, 1.807) is 12.1 Å². The molecule has 0 saturated heterocycles. The summed E-state index contributed by atoms with van der Waals surface area (Å²) in [4.78, 5) is 0. The summed E-state index contributed by atoms with van der Waals surface area (Å²) in [6.07, 6.45) is 2.57. The highest BCUT2D eigenvalue weighted by Gasteiger charge is 2.28. The van der Waals surface area contributed by atoms with E-state index in [4.69, 9.17) is 9.47 Å². The second-order valence-electron chi connectivity index (χ2n) is 7.94. The van der Waals surface area contributed by atoms with E-state index in [1.165, 1.54) is 11.6 Å². The van der Waals surface area contributed by atoms with Crippen LogP contribution < -0.4 is 9.47 Å². The van der Waals surface area contributed by atoms with Gasteiger partial charge in [0.2, 0.25) is 11.6 Å². The number of hydrogen-bond acceptors (Lipinski definition) is 2. The fraction of sp³-hybridized carbons (Fsp3) is 0.308. The quantitative estimate of drug-likeness (QED) is 0.267. The zero-order valence-electron chi connectivity index (χ0n) is 17.8. The largest absolute Gasteiger partial charge is 0.486 e. The molecule has 32 heavy (non-hydrogen) atoms. The van der Waals surface area contributed by atoms with Crippen molar-refractivity contribution < 1.29 is 27.0 Å². The predicted octanol–water partition coefficient (Wildman–Crippen LogP) is 7.23. The van der Waals surface area contributed by atoms with Crippen LogP contribution in [0.25, 0.3) is 0 Å². The first-order valence-electron chi connectivity index (χ1n) is 10.8. The minimum Gasteiger partial charge on any atom is -0.486 e. The summed E-state index contributed by atoms with van der Waals surface area (Å²) in [5.41, 5.74) is 3.23. The Hall–Kier alpha value is -3.02. The number of halogens is 4. The number of benzene rings is 3. The lowest BCUT2D eigenvalue weighted by atomic mass is 9.96. The highest BCUT2D eigenvalue weighted by Crippen LogP contribution is 2.43. The molecule has 0 atom stereocenters. The van der Waals surface area contributed by atoms with E-state index in [0.29, 0.717) is 11.1 Å². The summed E-state index contributed by atoms with van der Waals surface area (Å²) in [5, 5.41) is 0. The summed E-state index contributed by atoms with van der Waals surface area (Å²) < 4.78 is 67.7. The lowest BCUT2D eigenvalue weighted by Gasteiger charge is -2.23. The summed E-state index contributed by atoms with van der Waals surface area (Å²) in [6.45, 7) is 1.63. The van der Waals surface area contributed by atoms with Crippen LogP contribution >= 0.6 is 0 Å². The molecular formula is C26H24F4O2. The van der Waals surface area contributed by atoms with Crippen molar-refractivity contribution in [2.24, 2.45) is 0 Å². The van der Waals surface area contributed by atoms with Crippen LogP contribution in [0.4, 0.5) is 17.6 Å². The number of aryl methyl sites for hydroxylation is 2. The number of rotatable bonds is 8. The van der Waals surface area contributed by atoms with Crippen LogP contribution in [0.1, 0.15) is 47.6 Å². The van der Waals surface area contributed by atoms with E-state index in [9.17, 15) is 17.6 Å². The van der Waals surface area contributed by atoms with Gasteiger partial charge in [-0.15, -0.1) is 0 Å². The smallest absolute Gasteiger partial charge is 0.205 e. The maximum absolute atomic E-state index is 14.8. The molecule has 1 aliphatic rings.